The summed E-state index contributed by atoms with van der Waals surface area (Å²) in [5.41, 5.74) is 0.588. The van der Waals surface area contributed by atoms with E-state index in [0.717, 1.165) is 62.6 Å². The molecule has 4 rings (SSSR count). The minimum Gasteiger partial charge on any atom is -0.338 e. The van der Waals surface area contributed by atoms with Crippen LogP contribution in [0.15, 0.2) is 35.3 Å². The molecule has 0 radical (unpaired) electrons. The van der Waals surface area contributed by atoms with Crippen LogP contribution in [0.5, 0.6) is 0 Å². The van der Waals surface area contributed by atoms with Gasteiger partial charge in [-0.15, -0.1) is 0 Å². The second-order valence-electron chi connectivity index (χ2n) is 10.9. The van der Waals surface area contributed by atoms with Crippen molar-refractivity contribution in [3.8, 4) is 0 Å². The Morgan fingerprint density at radius 1 is 0.973 bits per heavy atom. The van der Waals surface area contributed by atoms with E-state index in [1.165, 1.54) is 45.4 Å². The molecule has 2 aromatic rings. The van der Waals surface area contributed by atoms with Crippen LogP contribution < -0.4 is 16.2 Å². The van der Waals surface area contributed by atoms with Gasteiger partial charge >= 0.3 is 0 Å². The van der Waals surface area contributed by atoms with Gasteiger partial charge in [0.2, 0.25) is 0 Å². The molecule has 37 heavy (non-hydrogen) atoms. The maximum Gasteiger partial charge on any atom is 0.276 e. The van der Waals surface area contributed by atoms with E-state index in [4.69, 9.17) is 0 Å². The van der Waals surface area contributed by atoms with Gasteiger partial charge in [0.25, 0.3) is 23.3 Å². The molecule has 198 valence electrons. The number of amides is 3. The molecule has 0 saturated heterocycles. The largest absolute Gasteiger partial charge is 0.338 e. The molecule has 0 atom stereocenters. The Kier molecular flexibility index (Phi) is 8.56. The van der Waals surface area contributed by atoms with Crippen LogP contribution in [0.4, 0.5) is 0 Å². The van der Waals surface area contributed by atoms with Crippen molar-refractivity contribution in [2.24, 2.45) is 5.92 Å². The van der Waals surface area contributed by atoms with Crippen molar-refractivity contribution >= 4 is 17.7 Å². The molecule has 0 bridgehead atoms. The van der Waals surface area contributed by atoms with Crippen LogP contribution in [0.1, 0.15) is 104 Å². The molecule has 2 N–H and O–H groups in total. The summed E-state index contributed by atoms with van der Waals surface area (Å²) in [5.74, 6) is -1.48. The molecule has 0 aromatic carbocycles. The molecule has 8 heteroatoms. The number of pyridine rings is 2. The quantitative estimate of drug-likeness (QED) is 0.617. The predicted octanol–water partition coefficient (Wildman–Crippen LogP) is 3.95. The maximum atomic E-state index is 13.7. The van der Waals surface area contributed by atoms with Crippen molar-refractivity contribution in [1.82, 2.24) is 20.2 Å². The Morgan fingerprint density at radius 3 is 2.38 bits per heavy atom. The number of fused-ring (bicyclic) bond motifs is 1. The summed E-state index contributed by atoms with van der Waals surface area (Å²) >= 11 is 0. The molecule has 2 aromatic heterocycles. The first-order chi connectivity index (χ1) is 17.8. The molecule has 8 nitrogen and oxygen atoms in total. The van der Waals surface area contributed by atoms with Gasteiger partial charge in [-0.25, -0.2) is 0 Å². The van der Waals surface area contributed by atoms with Crippen molar-refractivity contribution in [2.75, 3.05) is 0 Å². The van der Waals surface area contributed by atoms with Crippen LogP contribution in [0.3, 0.4) is 0 Å². The zero-order valence-electron chi connectivity index (χ0n) is 22.0. The minimum absolute atomic E-state index is 0.0621. The van der Waals surface area contributed by atoms with Crippen molar-refractivity contribution in [3.05, 3.63) is 63.3 Å². The van der Waals surface area contributed by atoms with Crippen LogP contribution in [0.25, 0.3) is 0 Å². The van der Waals surface area contributed by atoms with Gasteiger partial charge in [-0.1, -0.05) is 38.2 Å². The minimum atomic E-state index is -1.42. The SMILES string of the molecule is CC(C)(NC(=O)c1cc2c(n(CC3CCCCC3)c1=O)CCCCCC2)C(=O)NC(=O)c1ccccn1. The summed E-state index contributed by atoms with van der Waals surface area (Å²) in [6, 6.07) is 6.56. The van der Waals surface area contributed by atoms with Crippen molar-refractivity contribution in [2.45, 2.75) is 96.6 Å². The zero-order valence-corrected chi connectivity index (χ0v) is 22.0. The van der Waals surface area contributed by atoms with E-state index in [2.05, 4.69) is 15.6 Å². The third-order valence-electron chi connectivity index (χ3n) is 7.63. The molecule has 0 unspecified atom stereocenters. The van der Waals surface area contributed by atoms with E-state index < -0.39 is 23.3 Å². The fourth-order valence-corrected chi connectivity index (χ4v) is 5.45. The number of aryl methyl sites for hydroxylation is 1. The Morgan fingerprint density at radius 2 is 1.68 bits per heavy atom. The third-order valence-corrected chi connectivity index (χ3v) is 7.63. The van der Waals surface area contributed by atoms with E-state index in [0.29, 0.717) is 12.5 Å². The van der Waals surface area contributed by atoms with Gasteiger partial charge in [-0.3, -0.25) is 29.5 Å². The molecule has 2 aliphatic carbocycles. The van der Waals surface area contributed by atoms with Gasteiger partial charge in [-0.2, -0.15) is 0 Å². The predicted molar refractivity (Wildman–Crippen MR) is 141 cm³/mol. The Hall–Kier alpha value is -3.29. The summed E-state index contributed by atoms with van der Waals surface area (Å²) in [6.07, 6.45) is 13.3. The lowest BCUT2D eigenvalue weighted by Crippen LogP contribution is -2.56. The number of hydrogen-bond donors (Lipinski definition) is 2. The zero-order chi connectivity index (χ0) is 26.4. The fourth-order valence-electron chi connectivity index (χ4n) is 5.45. The fraction of sp³-hybridized carbons (Fsp3) is 0.552. The number of carbonyl (C=O) groups is 3. The number of aromatic nitrogens is 2. The first kappa shape index (κ1) is 26.8. The average Bonchev–Trinajstić information content (AvgIpc) is 2.87. The standard InChI is InChI=1S/C29H38N4O4/c1-29(2,28(37)31-26(35)23-15-10-11-17-30-23)32-25(34)22-18-21-14-8-3-4-9-16-24(21)33(27(22)36)19-20-12-6-5-7-13-20/h10-11,15,17-18,20H,3-9,12-14,16,19H2,1-2H3,(H,32,34)(H,31,35,37). The monoisotopic (exact) mass is 506 g/mol. The van der Waals surface area contributed by atoms with Crippen molar-refractivity contribution in [3.63, 3.8) is 0 Å². The van der Waals surface area contributed by atoms with Crippen LogP contribution in [0, 0.1) is 5.92 Å². The lowest BCUT2D eigenvalue weighted by atomic mass is 9.88. The molecular formula is C29H38N4O4. The highest BCUT2D eigenvalue weighted by Crippen LogP contribution is 2.27. The van der Waals surface area contributed by atoms with Gasteiger partial charge < -0.3 is 9.88 Å². The van der Waals surface area contributed by atoms with Crippen LogP contribution >= 0.6 is 0 Å². The van der Waals surface area contributed by atoms with Gasteiger partial charge in [0.05, 0.1) is 0 Å². The number of hydrogen-bond acceptors (Lipinski definition) is 5. The lowest BCUT2D eigenvalue weighted by Gasteiger charge is -2.28. The molecule has 1 saturated carbocycles. The van der Waals surface area contributed by atoms with Crippen LogP contribution in [0.2, 0.25) is 0 Å². The van der Waals surface area contributed by atoms with Crippen LogP contribution in [-0.2, 0) is 24.2 Å². The smallest absolute Gasteiger partial charge is 0.276 e. The van der Waals surface area contributed by atoms with E-state index >= 15 is 0 Å². The summed E-state index contributed by atoms with van der Waals surface area (Å²) in [5, 5.41) is 5.00. The summed E-state index contributed by atoms with van der Waals surface area (Å²) in [7, 11) is 0. The Bertz CT molecular complexity index is 1200. The molecule has 0 spiro atoms. The van der Waals surface area contributed by atoms with E-state index in [1.54, 1.807) is 18.2 Å². The molecule has 0 aliphatic heterocycles. The topological polar surface area (TPSA) is 110 Å². The molecule has 2 heterocycles. The first-order valence-corrected chi connectivity index (χ1v) is 13.6. The number of nitrogens with one attached hydrogen (secondary N) is 2. The van der Waals surface area contributed by atoms with Crippen molar-refractivity contribution < 1.29 is 14.4 Å². The average molecular weight is 507 g/mol. The van der Waals surface area contributed by atoms with E-state index in [-0.39, 0.29) is 16.8 Å². The van der Waals surface area contributed by atoms with Gasteiger partial charge in [0.1, 0.15) is 16.8 Å². The highest BCUT2D eigenvalue weighted by atomic mass is 16.2. The highest BCUT2D eigenvalue weighted by molar-refractivity contribution is 6.08. The molecule has 2 aliphatic rings. The Balaban J connectivity index is 1.58. The second kappa shape index (κ2) is 11.8. The number of rotatable bonds is 6. The van der Waals surface area contributed by atoms with Gasteiger partial charge in [-0.05, 0) is 82.1 Å². The molecule has 3 amide bonds. The summed E-state index contributed by atoms with van der Waals surface area (Å²) in [6.45, 7) is 3.67. The Labute approximate surface area is 218 Å². The van der Waals surface area contributed by atoms with Crippen molar-refractivity contribution in [1.29, 1.82) is 0 Å². The highest BCUT2D eigenvalue weighted by Gasteiger charge is 2.33. The van der Waals surface area contributed by atoms with Gasteiger partial charge in [0.15, 0.2) is 0 Å². The summed E-state index contributed by atoms with van der Waals surface area (Å²) in [4.78, 5) is 56.4. The van der Waals surface area contributed by atoms with E-state index in [1.807, 2.05) is 4.57 Å². The molecular weight excluding hydrogens is 468 g/mol. The second-order valence-corrected chi connectivity index (χ2v) is 10.9. The third kappa shape index (κ3) is 6.53. The van der Waals surface area contributed by atoms with Crippen LogP contribution in [-0.4, -0.2) is 32.8 Å². The maximum absolute atomic E-state index is 13.7. The lowest BCUT2D eigenvalue weighted by molar-refractivity contribution is -0.125. The number of nitrogens with zero attached hydrogens (tertiary/aromatic N) is 2. The first-order valence-electron chi connectivity index (χ1n) is 13.6. The van der Waals surface area contributed by atoms with Gasteiger partial charge in [0, 0.05) is 18.4 Å². The number of carbonyl (C=O) groups excluding carboxylic acids is 3. The van der Waals surface area contributed by atoms with E-state index in [9.17, 15) is 19.2 Å². The molecule has 1 fully saturated rings. The summed E-state index contributed by atoms with van der Waals surface area (Å²) < 4.78 is 1.86. The normalized spacial score (nSPS) is 16.7. The number of imide groups is 1.